The molecule has 2 aromatic heterocycles. The minimum atomic E-state index is -4.50. The fraction of sp³-hybridized carbons (Fsp3) is 0.450. The van der Waals surface area contributed by atoms with E-state index in [-0.39, 0.29) is 23.3 Å². The van der Waals surface area contributed by atoms with Crippen molar-refractivity contribution in [3.63, 3.8) is 0 Å². The highest BCUT2D eigenvalue weighted by molar-refractivity contribution is 7.78. The molecule has 0 saturated carbocycles. The zero-order chi connectivity index (χ0) is 23.5. The summed E-state index contributed by atoms with van der Waals surface area (Å²) in [5, 5.41) is 4.23. The van der Waals surface area contributed by atoms with Gasteiger partial charge in [-0.2, -0.15) is 21.5 Å². The van der Waals surface area contributed by atoms with Crippen molar-refractivity contribution in [1.82, 2.24) is 18.3 Å². The van der Waals surface area contributed by atoms with Crippen LogP contribution in [-0.2, 0) is 30.5 Å². The molecule has 0 radical (unpaired) electrons. The van der Waals surface area contributed by atoms with Crippen LogP contribution in [0.2, 0.25) is 0 Å². The average Bonchev–Trinajstić information content (AvgIpc) is 3.19. The first-order valence-electron chi connectivity index (χ1n) is 10.2. The van der Waals surface area contributed by atoms with Crippen molar-refractivity contribution < 1.29 is 21.6 Å². The highest BCUT2D eigenvalue weighted by Gasteiger charge is 2.30. The molecule has 0 aliphatic rings. The average molecular weight is 472 g/mol. The van der Waals surface area contributed by atoms with Crippen molar-refractivity contribution in [2.45, 2.75) is 58.8 Å². The maximum absolute atomic E-state index is 12.9. The molecular weight excluding hydrogens is 449 g/mol. The Labute approximate surface area is 184 Å². The van der Waals surface area contributed by atoms with Gasteiger partial charge in [0.05, 0.1) is 11.8 Å². The number of aryl methyl sites for hydroxylation is 1. The minimum absolute atomic E-state index is 0.0698. The second-order valence-corrected chi connectivity index (χ2v) is 8.16. The van der Waals surface area contributed by atoms with E-state index in [1.54, 1.807) is 0 Å². The summed E-state index contributed by atoms with van der Waals surface area (Å²) in [6, 6.07) is 3.69. The third-order valence-electron chi connectivity index (χ3n) is 4.84. The third kappa shape index (κ3) is 4.95. The van der Waals surface area contributed by atoms with Crippen molar-refractivity contribution in [3.05, 3.63) is 56.9 Å². The van der Waals surface area contributed by atoms with Gasteiger partial charge in [-0.15, -0.1) is 5.10 Å². The molecule has 3 rings (SSSR count). The van der Waals surface area contributed by atoms with E-state index < -0.39 is 34.3 Å². The standard InChI is InChI=1S/C20H23F3N4O4S/c1-3-5-11-25-17-16(18(28)26(19(25)29)12-6-4-2)13-27(24-17)32(30)31-15-9-7-14(8-10-15)20(21,22)23/h7-10,13H,3-6,11-12H2,1-2H3. The second-order valence-electron chi connectivity index (χ2n) is 7.19. The molecule has 1 atom stereocenters. The maximum Gasteiger partial charge on any atom is 0.416 e. The van der Waals surface area contributed by atoms with Gasteiger partial charge in [0.25, 0.3) is 5.56 Å². The molecule has 1 unspecified atom stereocenters. The molecule has 12 heteroatoms. The Bertz CT molecular complexity index is 1230. The molecule has 0 spiro atoms. The number of alkyl halides is 3. The van der Waals surface area contributed by atoms with Gasteiger partial charge < -0.3 is 4.18 Å². The molecule has 1 aromatic carbocycles. The van der Waals surface area contributed by atoms with E-state index in [1.807, 2.05) is 13.8 Å². The van der Waals surface area contributed by atoms with Gasteiger partial charge in [-0.05, 0) is 37.1 Å². The molecule has 8 nitrogen and oxygen atoms in total. The highest BCUT2D eigenvalue weighted by atomic mass is 32.2. The van der Waals surface area contributed by atoms with Gasteiger partial charge in [-0.1, -0.05) is 26.7 Å². The van der Waals surface area contributed by atoms with Crippen LogP contribution in [-0.4, -0.2) is 22.5 Å². The number of hydrogen-bond donors (Lipinski definition) is 0. The number of aromatic nitrogens is 4. The SMILES string of the molecule is CCCCn1c(=O)c2cn(S(=O)Oc3ccc(C(F)(F)F)cc3)nc2n(CCCC)c1=O. The zero-order valence-corrected chi connectivity index (χ0v) is 18.4. The van der Waals surface area contributed by atoms with E-state index in [2.05, 4.69) is 5.10 Å². The first kappa shape index (κ1) is 23.8. The molecule has 0 saturated heterocycles. The first-order chi connectivity index (χ1) is 15.2. The molecule has 0 fully saturated rings. The summed E-state index contributed by atoms with van der Waals surface area (Å²) in [5.74, 6) is -0.0698. The Hall–Kier alpha value is -2.89. The van der Waals surface area contributed by atoms with Crippen LogP contribution in [0, 0.1) is 0 Å². The number of unbranched alkanes of at least 4 members (excludes halogenated alkanes) is 2. The molecule has 0 bridgehead atoms. The molecule has 0 N–H and O–H groups in total. The molecule has 0 aliphatic heterocycles. The largest absolute Gasteiger partial charge is 0.416 e. The molecule has 0 aliphatic carbocycles. The van der Waals surface area contributed by atoms with Gasteiger partial charge in [0.1, 0.15) is 11.1 Å². The lowest BCUT2D eigenvalue weighted by atomic mass is 10.2. The fourth-order valence-corrected chi connectivity index (χ4v) is 3.78. The van der Waals surface area contributed by atoms with Gasteiger partial charge in [-0.3, -0.25) is 13.9 Å². The Morgan fingerprint density at radius 2 is 1.59 bits per heavy atom. The predicted octanol–water partition coefficient (Wildman–Crippen LogP) is 3.48. The van der Waals surface area contributed by atoms with Crippen molar-refractivity contribution in [2.75, 3.05) is 0 Å². The number of hydrogen-bond acceptors (Lipinski definition) is 5. The van der Waals surface area contributed by atoms with Crippen LogP contribution in [0.5, 0.6) is 5.75 Å². The van der Waals surface area contributed by atoms with E-state index in [4.69, 9.17) is 4.18 Å². The van der Waals surface area contributed by atoms with Gasteiger partial charge >= 0.3 is 23.1 Å². The van der Waals surface area contributed by atoms with Crippen LogP contribution < -0.4 is 15.4 Å². The molecule has 0 amide bonds. The van der Waals surface area contributed by atoms with Crippen LogP contribution in [0.3, 0.4) is 0 Å². The van der Waals surface area contributed by atoms with E-state index in [0.29, 0.717) is 19.4 Å². The van der Waals surface area contributed by atoms with Crippen molar-refractivity contribution in [2.24, 2.45) is 0 Å². The van der Waals surface area contributed by atoms with Crippen LogP contribution in [0.15, 0.2) is 40.1 Å². The van der Waals surface area contributed by atoms with E-state index in [1.165, 1.54) is 10.8 Å². The van der Waals surface area contributed by atoms with Gasteiger partial charge in [-0.25, -0.2) is 4.79 Å². The predicted molar refractivity (Wildman–Crippen MR) is 114 cm³/mol. The molecule has 3 aromatic rings. The van der Waals surface area contributed by atoms with E-state index >= 15 is 0 Å². The summed E-state index contributed by atoms with van der Waals surface area (Å²) >= 11 is -2.27. The number of benzene rings is 1. The lowest BCUT2D eigenvalue weighted by Gasteiger charge is -2.10. The first-order valence-corrected chi connectivity index (χ1v) is 11.2. The quantitative estimate of drug-likeness (QED) is 0.476. The molecular formula is C20H23F3N4O4S. The summed E-state index contributed by atoms with van der Waals surface area (Å²) in [7, 11) is 0. The summed E-state index contributed by atoms with van der Waals surface area (Å²) in [6.45, 7) is 4.49. The number of fused-ring (bicyclic) bond motifs is 1. The lowest BCUT2D eigenvalue weighted by molar-refractivity contribution is -0.137. The molecule has 32 heavy (non-hydrogen) atoms. The van der Waals surface area contributed by atoms with Crippen molar-refractivity contribution >= 4 is 22.3 Å². The maximum atomic E-state index is 12.9. The Morgan fingerprint density at radius 1 is 1.00 bits per heavy atom. The fourth-order valence-electron chi connectivity index (χ4n) is 3.09. The van der Waals surface area contributed by atoms with Gasteiger partial charge in [0.2, 0.25) is 0 Å². The summed E-state index contributed by atoms with van der Waals surface area (Å²) in [4.78, 5) is 25.7. The van der Waals surface area contributed by atoms with Crippen LogP contribution in [0.4, 0.5) is 13.2 Å². The number of rotatable bonds is 9. The highest BCUT2D eigenvalue weighted by Crippen LogP contribution is 2.30. The van der Waals surface area contributed by atoms with Crippen molar-refractivity contribution in [1.29, 1.82) is 0 Å². The Balaban J connectivity index is 1.98. The second kappa shape index (κ2) is 9.72. The monoisotopic (exact) mass is 472 g/mol. The minimum Gasteiger partial charge on any atom is -0.384 e. The van der Waals surface area contributed by atoms with Crippen LogP contribution in [0.25, 0.3) is 11.0 Å². The number of halogens is 3. The van der Waals surface area contributed by atoms with Gasteiger partial charge in [0, 0.05) is 13.1 Å². The Kier molecular flexibility index (Phi) is 7.22. The smallest absolute Gasteiger partial charge is 0.384 e. The topological polar surface area (TPSA) is 88.1 Å². The van der Waals surface area contributed by atoms with E-state index in [9.17, 15) is 27.0 Å². The zero-order valence-electron chi connectivity index (χ0n) is 17.6. The summed E-state index contributed by atoms with van der Waals surface area (Å²) in [5.41, 5.74) is -1.80. The lowest BCUT2D eigenvalue weighted by Crippen LogP contribution is -2.40. The normalized spacial score (nSPS) is 12.9. The third-order valence-corrected chi connectivity index (χ3v) is 5.67. The van der Waals surface area contributed by atoms with Crippen LogP contribution in [0.1, 0.15) is 45.1 Å². The van der Waals surface area contributed by atoms with Crippen LogP contribution >= 0.6 is 0 Å². The Morgan fingerprint density at radius 3 is 2.16 bits per heavy atom. The summed E-state index contributed by atoms with van der Waals surface area (Å²) < 4.78 is 59.3. The van der Waals surface area contributed by atoms with E-state index in [0.717, 1.165) is 45.8 Å². The van der Waals surface area contributed by atoms with Gasteiger partial charge in [0.15, 0.2) is 5.65 Å². The number of nitrogens with zero attached hydrogens (tertiary/aromatic N) is 4. The molecule has 174 valence electrons. The summed E-state index contributed by atoms with van der Waals surface area (Å²) in [6.07, 6.45) is -0.348. The van der Waals surface area contributed by atoms with Crippen molar-refractivity contribution in [3.8, 4) is 5.75 Å². The molecule has 2 heterocycles.